The van der Waals surface area contributed by atoms with E-state index in [-0.39, 0.29) is 5.78 Å². The van der Waals surface area contributed by atoms with E-state index in [9.17, 15) is 4.79 Å². The van der Waals surface area contributed by atoms with Crippen LogP contribution in [0.4, 0.5) is 0 Å². The lowest BCUT2D eigenvalue weighted by Crippen LogP contribution is -2.04. The number of rotatable bonds is 3. The maximum Gasteiger partial charge on any atom is 0.193 e. The van der Waals surface area contributed by atoms with Crippen LogP contribution in [0.15, 0.2) is 42.5 Å². The molecule has 0 saturated carbocycles. The van der Waals surface area contributed by atoms with Crippen LogP contribution in [0.5, 0.6) is 0 Å². The van der Waals surface area contributed by atoms with E-state index in [1.54, 1.807) is 0 Å². The molecule has 18 heavy (non-hydrogen) atoms. The van der Waals surface area contributed by atoms with Gasteiger partial charge in [0.05, 0.1) is 0 Å². The molecule has 0 bridgehead atoms. The van der Waals surface area contributed by atoms with Crippen LogP contribution < -0.4 is 0 Å². The van der Waals surface area contributed by atoms with Crippen LogP contribution in [0.3, 0.4) is 0 Å². The van der Waals surface area contributed by atoms with E-state index in [0.717, 1.165) is 23.1 Å². The van der Waals surface area contributed by atoms with E-state index < -0.39 is 0 Å². The summed E-state index contributed by atoms with van der Waals surface area (Å²) in [4.78, 5) is 12.4. The summed E-state index contributed by atoms with van der Waals surface area (Å²) in [6.07, 6.45) is 0.952. The lowest BCUT2D eigenvalue weighted by molar-refractivity contribution is 0.103. The molecule has 2 rings (SSSR count). The van der Waals surface area contributed by atoms with Crippen LogP contribution in [0.2, 0.25) is 0 Å². The predicted molar refractivity (Wildman–Crippen MR) is 75.2 cm³/mol. The van der Waals surface area contributed by atoms with Crippen molar-refractivity contribution in [3.8, 4) is 0 Å². The molecule has 1 heteroatoms. The average Bonchev–Trinajstić information content (AvgIpc) is 2.38. The topological polar surface area (TPSA) is 17.1 Å². The first kappa shape index (κ1) is 12.6. The third kappa shape index (κ3) is 2.51. The van der Waals surface area contributed by atoms with Crippen molar-refractivity contribution in [2.24, 2.45) is 0 Å². The Morgan fingerprint density at radius 2 is 1.83 bits per heavy atom. The van der Waals surface area contributed by atoms with E-state index in [2.05, 4.69) is 19.1 Å². The molecule has 0 N–H and O–H groups in total. The highest BCUT2D eigenvalue weighted by atomic mass is 16.1. The summed E-state index contributed by atoms with van der Waals surface area (Å²) in [7, 11) is 0. The second kappa shape index (κ2) is 5.18. The molecular weight excluding hydrogens is 220 g/mol. The van der Waals surface area contributed by atoms with Gasteiger partial charge in [0.25, 0.3) is 0 Å². The van der Waals surface area contributed by atoms with E-state index in [4.69, 9.17) is 0 Å². The van der Waals surface area contributed by atoms with Gasteiger partial charge in [-0.15, -0.1) is 0 Å². The minimum absolute atomic E-state index is 0.114. The molecular formula is C17H18O. The van der Waals surface area contributed by atoms with Gasteiger partial charge in [-0.2, -0.15) is 0 Å². The molecule has 92 valence electrons. The van der Waals surface area contributed by atoms with Gasteiger partial charge in [0.15, 0.2) is 5.78 Å². The molecule has 0 aromatic heterocycles. The Hall–Kier alpha value is -1.89. The second-order valence-electron chi connectivity index (χ2n) is 4.70. The maximum absolute atomic E-state index is 12.4. The standard InChI is InChI=1S/C17H18O/c1-4-14-6-5-7-15(11-14)17(18)16-9-8-12(2)10-13(16)3/h5-11H,4H2,1-3H3. The summed E-state index contributed by atoms with van der Waals surface area (Å²) in [6, 6.07) is 13.9. The Kier molecular flexibility index (Phi) is 3.61. The molecule has 0 atom stereocenters. The fourth-order valence-electron chi connectivity index (χ4n) is 2.16. The van der Waals surface area contributed by atoms with E-state index >= 15 is 0 Å². The lowest BCUT2D eigenvalue weighted by atomic mass is 9.96. The smallest absolute Gasteiger partial charge is 0.193 e. The average molecular weight is 238 g/mol. The molecule has 0 radical (unpaired) electrons. The van der Waals surface area contributed by atoms with Crippen molar-refractivity contribution in [2.45, 2.75) is 27.2 Å². The fraction of sp³-hybridized carbons (Fsp3) is 0.235. The van der Waals surface area contributed by atoms with Gasteiger partial charge in [0, 0.05) is 11.1 Å². The van der Waals surface area contributed by atoms with Crippen molar-refractivity contribution < 1.29 is 4.79 Å². The first-order valence-electron chi connectivity index (χ1n) is 6.32. The molecule has 0 aliphatic rings. The molecule has 2 aromatic rings. The first-order valence-corrected chi connectivity index (χ1v) is 6.32. The Bertz CT molecular complexity index is 582. The summed E-state index contributed by atoms with van der Waals surface area (Å²) in [5, 5.41) is 0. The Morgan fingerprint density at radius 3 is 2.50 bits per heavy atom. The molecule has 2 aromatic carbocycles. The van der Waals surface area contributed by atoms with Crippen LogP contribution in [-0.4, -0.2) is 5.78 Å². The highest BCUT2D eigenvalue weighted by molar-refractivity contribution is 6.10. The molecule has 0 aliphatic heterocycles. The third-order valence-electron chi connectivity index (χ3n) is 3.22. The van der Waals surface area contributed by atoms with Gasteiger partial charge in [-0.25, -0.2) is 0 Å². The van der Waals surface area contributed by atoms with Crippen molar-refractivity contribution >= 4 is 5.78 Å². The van der Waals surface area contributed by atoms with Crippen molar-refractivity contribution in [3.63, 3.8) is 0 Å². The summed E-state index contributed by atoms with van der Waals surface area (Å²) in [5.74, 6) is 0.114. The van der Waals surface area contributed by atoms with E-state index in [1.165, 1.54) is 11.1 Å². The number of carbonyl (C=O) groups is 1. The van der Waals surface area contributed by atoms with Crippen LogP contribution in [0.1, 0.15) is 39.5 Å². The summed E-state index contributed by atoms with van der Waals surface area (Å²) in [5.41, 5.74) is 5.01. The molecule has 0 saturated heterocycles. The highest BCUT2D eigenvalue weighted by Gasteiger charge is 2.11. The van der Waals surface area contributed by atoms with Crippen molar-refractivity contribution in [3.05, 3.63) is 70.3 Å². The molecule has 0 spiro atoms. The Labute approximate surface area is 108 Å². The number of aryl methyl sites for hydroxylation is 3. The molecule has 0 fully saturated rings. The van der Waals surface area contributed by atoms with Crippen molar-refractivity contribution in [1.29, 1.82) is 0 Å². The van der Waals surface area contributed by atoms with E-state index in [1.807, 2.05) is 44.2 Å². The monoisotopic (exact) mass is 238 g/mol. The van der Waals surface area contributed by atoms with Gasteiger partial charge in [-0.3, -0.25) is 4.79 Å². The number of hydrogen-bond acceptors (Lipinski definition) is 1. The fourth-order valence-corrected chi connectivity index (χ4v) is 2.16. The zero-order valence-corrected chi connectivity index (χ0v) is 11.2. The highest BCUT2D eigenvalue weighted by Crippen LogP contribution is 2.16. The molecule has 0 heterocycles. The SMILES string of the molecule is CCc1cccc(C(=O)c2ccc(C)cc2C)c1. The van der Waals surface area contributed by atoms with Gasteiger partial charge in [0.2, 0.25) is 0 Å². The van der Waals surface area contributed by atoms with Crippen molar-refractivity contribution in [1.82, 2.24) is 0 Å². The lowest BCUT2D eigenvalue weighted by Gasteiger charge is -2.07. The number of ketones is 1. The minimum Gasteiger partial charge on any atom is -0.289 e. The molecule has 0 aliphatic carbocycles. The number of hydrogen-bond donors (Lipinski definition) is 0. The van der Waals surface area contributed by atoms with Gasteiger partial charge in [-0.1, -0.05) is 48.9 Å². The maximum atomic E-state index is 12.4. The van der Waals surface area contributed by atoms with Gasteiger partial charge >= 0.3 is 0 Å². The van der Waals surface area contributed by atoms with Crippen molar-refractivity contribution in [2.75, 3.05) is 0 Å². The Morgan fingerprint density at radius 1 is 1.06 bits per heavy atom. The Balaban J connectivity index is 2.41. The zero-order chi connectivity index (χ0) is 13.1. The van der Waals surface area contributed by atoms with Gasteiger partial charge < -0.3 is 0 Å². The van der Waals surface area contributed by atoms with Gasteiger partial charge in [-0.05, 0) is 37.5 Å². The van der Waals surface area contributed by atoms with E-state index in [0.29, 0.717) is 0 Å². The van der Waals surface area contributed by atoms with Crippen LogP contribution >= 0.6 is 0 Å². The van der Waals surface area contributed by atoms with Crippen LogP contribution in [0.25, 0.3) is 0 Å². The summed E-state index contributed by atoms with van der Waals surface area (Å²) >= 11 is 0. The number of benzene rings is 2. The summed E-state index contributed by atoms with van der Waals surface area (Å²) in [6.45, 7) is 6.13. The quantitative estimate of drug-likeness (QED) is 0.736. The molecule has 1 nitrogen and oxygen atoms in total. The largest absolute Gasteiger partial charge is 0.289 e. The summed E-state index contributed by atoms with van der Waals surface area (Å²) < 4.78 is 0. The molecule has 0 amide bonds. The predicted octanol–water partition coefficient (Wildman–Crippen LogP) is 4.10. The van der Waals surface area contributed by atoms with Gasteiger partial charge in [0.1, 0.15) is 0 Å². The van der Waals surface area contributed by atoms with Crippen LogP contribution in [0, 0.1) is 13.8 Å². The zero-order valence-electron chi connectivity index (χ0n) is 11.2. The first-order chi connectivity index (χ1) is 8.61. The second-order valence-corrected chi connectivity index (χ2v) is 4.70. The normalized spacial score (nSPS) is 10.4. The number of carbonyl (C=O) groups excluding carboxylic acids is 1. The third-order valence-corrected chi connectivity index (χ3v) is 3.22. The van der Waals surface area contributed by atoms with Crippen LogP contribution in [-0.2, 0) is 6.42 Å². The minimum atomic E-state index is 0.114. The molecule has 0 unspecified atom stereocenters.